The number of rotatable bonds is 2. The highest BCUT2D eigenvalue weighted by Crippen LogP contribution is 2.42. The molecule has 17 heavy (non-hydrogen) atoms. The smallest absolute Gasteiger partial charge is 0.146 e. The van der Waals surface area contributed by atoms with E-state index in [1.54, 1.807) is 6.07 Å². The molecule has 0 spiro atoms. The van der Waals surface area contributed by atoms with Crippen LogP contribution >= 0.6 is 0 Å². The maximum Gasteiger partial charge on any atom is 0.146 e. The Morgan fingerprint density at radius 3 is 2.53 bits per heavy atom. The van der Waals surface area contributed by atoms with E-state index in [9.17, 15) is 4.39 Å². The lowest BCUT2D eigenvalue weighted by molar-refractivity contribution is 0.366. The molecule has 94 valence electrons. The summed E-state index contributed by atoms with van der Waals surface area (Å²) in [5.74, 6) is 0.465. The molecule has 2 rings (SSSR count). The molecule has 0 aliphatic heterocycles. The Balaban J connectivity index is 2.11. The first kappa shape index (κ1) is 12.4. The number of hydrogen-bond donors (Lipinski definition) is 1. The van der Waals surface area contributed by atoms with Gasteiger partial charge in [-0.05, 0) is 48.8 Å². The molecular formula is C15H22FN. The fourth-order valence-corrected chi connectivity index (χ4v) is 3.02. The highest BCUT2D eigenvalue weighted by atomic mass is 19.1. The lowest BCUT2D eigenvalue weighted by atomic mass is 9.91. The number of aryl methyl sites for hydroxylation is 1. The second kappa shape index (κ2) is 4.32. The van der Waals surface area contributed by atoms with E-state index in [2.05, 4.69) is 26.1 Å². The van der Waals surface area contributed by atoms with Crippen molar-refractivity contribution in [3.63, 3.8) is 0 Å². The molecule has 1 fully saturated rings. The standard InChI is InChI=1S/C15H22FN/c1-10-5-6-13(12(16)7-10)17-14-9-15(3,4)8-11(14)2/h5-7,11,14,17H,8-9H2,1-4H3. The first-order chi connectivity index (χ1) is 7.87. The van der Waals surface area contributed by atoms with Crippen LogP contribution in [0.1, 0.15) is 39.2 Å². The number of halogens is 1. The highest BCUT2D eigenvalue weighted by Gasteiger charge is 2.36. The van der Waals surface area contributed by atoms with Gasteiger partial charge in [0.2, 0.25) is 0 Å². The van der Waals surface area contributed by atoms with E-state index >= 15 is 0 Å². The van der Waals surface area contributed by atoms with Crippen LogP contribution in [-0.2, 0) is 0 Å². The maximum atomic E-state index is 13.8. The van der Waals surface area contributed by atoms with E-state index in [4.69, 9.17) is 0 Å². The maximum absolute atomic E-state index is 13.8. The SMILES string of the molecule is Cc1ccc(NC2CC(C)(C)CC2C)c(F)c1. The van der Waals surface area contributed by atoms with Crippen molar-refractivity contribution in [2.75, 3.05) is 5.32 Å². The quantitative estimate of drug-likeness (QED) is 0.802. The Kier molecular flexibility index (Phi) is 3.15. The van der Waals surface area contributed by atoms with Gasteiger partial charge in [-0.1, -0.05) is 26.8 Å². The van der Waals surface area contributed by atoms with Crippen LogP contribution in [-0.4, -0.2) is 6.04 Å². The van der Waals surface area contributed by atoms with Crippen molar-refractivity contribution in [2.45, 2.75) is 46.6 Å². The first-order valence-electron chi connectivity index (χ1n) is 6.40. The monoisotopic (exact) mass is 235 g/mol. The van der Waals surface area contributed by atoms with Crippen molar-refractivity contribution in [1.82, 2.24) is 0 Å². The predicted octanol–water partition coefficient (Wildman–Crippen LogP) is 4.37. The summed E-state index contributed by atoms with van der Waals surface area (Å²) in [5, 5.41) is 3.37. The van der Waals surface area contributed by atoms with E-state index in [1.807, 2.05) is 19.1 Å². The average molecular weight is 235 g/mol. The van der Waals surface area contributed by atoms with Crippen LogP contribution in [0.5, 0.6) is 0 Å². The Morgan fingerprint density at radius 2 is 2.00 bits per heavy atom. The molecule has 0 radical (unpaired) electrons. The first-order valence-corrected chi connectivity index (χ1v) is 6.40. The molecule has 0 saturated heterocycles. The van der Waals surface area contributed by atoms with Gasteiger partial charge in [0.05, 0.1) is 5.69 Å². The molecule has 0 aromatic heterocycles. The summed E-state index contributed by atoms with van der Waals surface area (Å²) in [7, 11) is 0. The largest absolute Gasteiger partial charge is 0.380 e. The van der Waals surface area contributed by atoms with E-state index in [-0.39, 0.29) is 5.82 Å². The van der Waals surface area contributed by atoms with E-state index in [1.165, 1.54) is 6.42 Å². The molecule has 2 unspecified atom stereocenters. The second-order valence-corrected chi connectivity index (χ2v) is 6.28. The van der Waals surface area contributed by atoms with Crippen LogP contribution < -0.4 is 5.32 Å². The third kappa shape index (κ3) is 2.80. The van der Waals surface area contributed by atoms with Gasteiger partial charge in [0.15, 0.2) is 0 Å². The topological polar surface area (TPSA) is 12.0 Å². The van der Waals surface area contributed by atoms with Crippen LogP contribution in [0.2, 0.25) is 0 Å². The van der Waals surface area contributed by atoms with Gasteiger partial charge in [-0.15, -0.1) is 0 Å². The zero-order valence-corrected chi connectivity index (χ0v) is 11.2. The minimum Gasteiger partial charge on any atom is -0.380 e. The zero-order valence-electron chi connectivity index (χ0n) is 11.2. The van der Waals surface area contributed by atoms with Crippen molar-refractivity contribution < 1.29 is 4.39 Å². The summed E-state index contributed by atoms with van der Waals surface area (Å²) in [6, 6.07) is 5.79. The Hall–Kier alpha value is -1.05. The van der Waals surface area contributed by atoms with Gasteiger partial charge < -0.3 is 5.32 Å². The van der Waals surface area contributed by atoms with Crippen LogP contribution in [0, 0.1) is 24.1 Å². The molecule has 1 N–H and O–H groups in total. The van der Waals surface area contributed by atoms with Crippen molar-refractivity contribution in [3.05, 3.63) is 29.6 Å². The van der Waals surface area contributed by atoms with Crippen molar-refractivity contribution in [3.8, 4) is 0 Å². The van der Waals surface area contributed by atoms with Gasteiger partial charge in [-0.3, -0.25) is 0 Å². The van der Waals surface area contributed by atoms with E-state index < -0.39 is 0 Å². The number of benzene rings is 1. The minimum atomic E-state index is -0.137. The summed E-state index contributed by atoms with van der Waals surface area (Å²) >= 11 is 0. The van der Waals surface area contributed by atoms with Crippen LogP contribution in [0.25, 0.3) is 0 Å². The third-order valence-electron chi connectivity index (χ3n) is 3.80. The van der Waals surface area contributed by atoms with Crippen LogP contribution in [0.3, 0.4) is 0 Å². The molecule has 1 aromatic rings. The number of hydrogen-bond acceptors (Lipinski definition) is 1. The van der Waals surface area contributed by atoms with Crippen molar-refractivity contribution in [2.24, 2.45) is 11.3 Å². The van der Waals surface area contributed by atoms with Crippen LogP contribution in [0.15, 0.2) is 18.2 Å². The molecule has 1 aromatic carbocycles. The van der Waals surface area contributed by atoms with Gasteiger partial charge in [-0.25, -0.2) is 4.39 Å². The van der Waals surface area contributed by atoms with Crippen LogP contribution in [0.4, 0.5) is 10.1 Å². The second-order valence-electron chi connectivity index (χ2n) is 6.28. The molecule has 0 amide bonds. The van der Waals surface area contributed by atoms with Gasteiger partial charge in [0, 0.05) is 6.04 Å². The number of nitrogens with one attached hydrogen (secondary N) is 1. The minimum absolute atomic E-state index is 0.137. The Morgan fingerprint density at radius 1 is 1.29 bits per heavy atom. The predicted molar refractivity (Wildman–Crippen MR) is 70.7 cm³/mol. The third-order valence-corrected chi connectivity index (χ3v) is 3.80. The van der Waals surface area contributed by atoms with Crippen molar-refractivity contribution in [1.29, 1.82) is 0 Å². The van der Waals surface area contributed by atoms with Gasteiger partial charge in [-0.2, -0.15) is 0 Å². The van der Waals surface area contributed by atoms with Gasteiger partial charge >= 0.3 is 0 Å². The zero-order chi connectivity index (χ0) is 12.6. The van der Waals surface area contributed by atoms with Gasteiger partial charge in [0.25, 0.3) is 0 Å². The Labute approximate surface area is 103 Å². The van der Waals surface area contributed by atoms with Crippen molar-refractivity contribution >= 4 is 5.69 Å². The average Bonchev–Trinajstić information content (AvgIpc) is 2.44. The fourth-order valence-electron chi connectivity index (χ4n) is 3.02. The molecule has 1 saturated carbocycles. The van der Waals surface area contributed by atoms with Gasteiger partial charge in [0.1, 0.15) is 5.82 Å². The summed E-state index contributed by atoms with van der Waals surface area (Å²) in [4.78, 5) is 0. The lowest BCUT2D eigenvalue weighted by Crippen LogP contribution is -2.23. The Bertz CT molecular complexity index is 411. The molecule has 2 atom stereocenters. The molecule has 1 nitrogen and oxygen atoms in total. The normalized spacial score (nSPS) is 27.1. The number of anilines is 1. The highest BCUT2D eigenvalue weighted by molar-refractivity contribution is 5.47. The fraction of sp³-hybridized carbons (Fsp3) is 0.600. The summed E-state index contributed by atoms with van der Waals surface area (Å²) in [5.41, 5.74) is 1.98. The molecule has 0 bridgehead atoms. The molecule has 1 aliphatic carbocycles. The molecular weight excluding hydrogens is 213 g/mol. The van der Waals surface area contributed by atoms with E-state index in [0.717, 1.165) is 12.0 Å². The molecule has 2 heteroatoms. The molecule has 0 heterocycles. The summed E-state index contributed by atoms with van der Waals surface area (Å²) in [6.45, 7) is 8.74. The summed E-state index contributed by atoms with van der Waals surface area (Å²) in [6.07, 6.45) is 2.32. The van der Waals surface area contributed by atoms with E-state index in [0.29, 0.717) is 23.1 Å². The lowest BCUT2D eigenvalue weighted by Gasteiger charge is -2.20. The summed E-state index contributed by atoms with van der Waals surface area (Å²) < 4.78 is 13.8. The molecule has 1 aliphatic rings.